The van der Waals surface area contributed by atoms with Crippen LogP contribution < -0.4 is 5.32 Å². The molecule has 0 radical (unpaired) electrons. The summed E-state index contributed by atoms with van der Waals surface area (Å²) < 4.78 is 0. The molecule has 0 bridgehead atoms. The second-order valence-electron chi connectivity index (χ2n) is 6.37. The van der Waals surface area contributed by atoms with E-state index in [9.17, 15) is 14.4 Å². The third-order valence-electron chi connectivity index (χ3n) is 4.09. The topological polar surface area (TPSA) is 107 Å². The number of rotatable bonds is 7. The van der Waals surface area contributed by atoms with E-state index in [0.717, 1.165) is 18.5 Å². The highest BCUT2D eigenvalue weighted by molar-refractivity contribution is 5.92. The summed E-state index contributed by atoms with van der Waals surface area (Å²) in [4.78, 5) is 33.7. The summed E-state index contributed by atoms with van der Waals surface area (Å²) >= 11 is 0. The van der Waals surface area contributed by atoms with E-state index in [-0.39, 0.29) is 11.3 Å². The molecule has 0 saturated heterocycles. The average Bonchev–Trinajstić information content (AvgIpc) is 3.29. The van der Waals surface area contributed by atoms with Gasteiger partial charge in [0.2, 0.25) is 5.91 Å². The summed E-state index contributed by atoms with van der Waals surface area (Å²) in [7, 11) is 4.12. The molecule has 1 aromatic carbocycles. The Labute approximate surface area is 153 Å². The zero-order valence-electron chi connectivity index (χ0n) is 15.3. The summed E-state index contributed by atoms with van der Waals surface area (Å²) in [5.74, 6) is -1.90. The van der Waals surface area contributed by atoms with Crippen molar-refractivity contribution in [3.63, 3.8) is 0 Å². The molecule has 1 aromatic rings. The van der Waals surface area contributed by atoms with Crippen molar-refractivity contribution in [1.29, 1.82) is 0 Å². The van der Waals surface area contributed by atoms with E-state index in [2.05, 4.69) is 36.4 Å². The highest BCUT2D eigenvalue weighted by Crippen LogP contribution is 2.54. The Morgan fingerprint density at radius 1 is 1.15 bits per heavy atom. The first-order valence-electron chi connectivity index (χ1n) is 8.36. The number of hydrogen-bond donors (Lipinski definition) is 3. The van der Waals surface area contributed by atoms with E-state index in [1.54, 1.807) is 0 Å². The van der Waals surface area contributed by atoms with Gasteiger partial charge in [-0.15, -0.1) is 0 Å². The monoisotopic (exact) mass is 362 g/mol. The highest BCUT2D eigenvalue weighted by Gasteiger charge is 2.60. The van der Waals surface area contributed by atoms with E-state index in [4.69, 9.17) is 10.2 Å². The first-order chi connectivity index (χ1) is 12.2. The molecule has 3 N–H and O–H groups in total. The standard InChI is InChI=1S/C15H22N2O.C4H4O4/c1-4-16-14(18)15(10-13(15)11-17(2)3)12-8-6-5-7-9-12;5-3(6)1-2-4(7)8/h5-9,13H,4,10-11H2,1-3H3,(H,16,18);1-2H,(H,5,6)(H,7,8)/b;2-1-/t13-,15+;/m1./s1. The fourth-order valence-corrected chi connectivity index (χ4v) is 2.95. The second kappa shape index (κ2) is 9.72. The van der Waals surface area contributed by atoms with Crippen molar-refractivity contribution < 1.29 is 24.6 Å². The van der Waals surface area contributed by atoms with E-state index < -0.39 is 11.9 Å². The average molecular weight is 362 g/mol. The summed E-state index contributed by atoms with van der Waals surface area (Å²) in [5.41, 5.74) is 0.865. The van der Waals surface area contributed by atoms with Crippen LogP contribution >= 0.6 is 0 Å². The van der Waals surface area contributed by atoms with Crippen LogP contribution in [0.15, 0.2) is 42.5 Å². The van der Waals surface area contributed by atoms with Crippen molar-refractivity contribution in [2.24, 2.45) is 5.92 Å². The Balaban J connectivity index is 0.000000359. The quantitative estimate of drug-likeness (QED) is 0.632. The fraction of sp³-hybridized carbons (Fsp3) is 0.421. The Morgan fingerprint density at radius 3 is 2.12 bits per heavy atom. The molecule has 142 valence electrons. The molecule has 1 aliphatic carbocycles. The van der Waals surface area contributed by atoms with Gasteiger partial charge in [0.05, 0.1) is 5.41 Å². The second-order valence-corrected chi connectivity index (χ2v) is 6.37. The molecular formula is C19H26N2O5. The third kappa shape index (κ3) is 6.00. The Kier molecular flexibility index (Phi) is 7.99. The van der Waals surface area contributed by atoms with Crippen molar-refractivity contribution in [3.05, 3.63) is 48.0 Å². The minimum atomic E-state index is -1.26. The molecule has 26 heavy (non-hydrogen) atoms. The van der Waals surface area contributed by atoms with Crippen LogP contribution in [0.1, 0.15) is 18.9 Å². The lowest BCUT2D eigenvalue weighted by atomic mass is 9.92. The minimum absolute atomic E-state index is 0.183. The van der Waals surface area contributed by atoms with Gasteiger partial charge in [0.15, 0.2) is 0 Å². The zero-order chi connectivity index (χ0) is 19.7. The van der Waals surface area contributed by atoms with Crippen molar-refractivity contribution in [2.75, 3.05) is 27.2 Å². The molecule has 7 nitrogen and oxygen atoms in total. The molecule has 0 unspecified atom stereocenters. The van der Waals surface area contributed by atoms with Gasteiger partial charge in [-0.05, 0) is 38.9 Å². The Hall–Kier alpha value is -2.67. The molecule has 1 saturated carbocycles. The van der Waals surface area contributed by atoms with Crippen molar-refractivity contribution in [3.8, 4) is 0 Å². The lowest BCUT2D eigenvalue weighted by molar-refractivity contribution is -0.134. The Bertz CT molecular complexity index is 641. The number of carboxylic acids is 2. The normalized spacial score (nSPS) is 21.0. The van der Waals surface area contributed by atoms with E-state index in [0.29, 0.717) is 24.6 Å². The number of amides is 1. The van der Waals surface area contributed by atoms with Crippen LogP contribution in [-0.4, -0.2) is 60.1 Å². The van der Waals surface area contributed by atoms with Gasteiger partial charge >= 0.3 is 11.9 Å². The zero-order valence-corrected chi connectivity index (χ0v) is 15.3. The van der Waals surface area contributed by atoms with Gasteiger partial charge in [-0.3, -0.25) is 4.79 Å². The third-order valence-corrected chi connectivity index (χ3v) is 4.09. The predicted molar refractivity (Wildman–Crippen MR) is 97.9 cm³/mol. The van der Waals surface area contributed by atoms with E-state index in [1.165, 1.54) is 0 Å². The molecular weight excluding hydrogens is 336 g/mol. The van der Waals surface area contributed by atoms with E-state index in [1.807, 2.05) is 25.1 Å². The van der Waals surface area contributed by atoms with Gasteiger partial charge in [-0.25, -0.2) is 9.59 Å². The molecule has 0 spiro atoms. The molecule has 7 heteroatoms. The molecule has 0 aromatic heterocycles. The number of carbonyl (C=O) groups is 3. The molecule has 1 fully saturated rings. The van der Waals surface area contributed by atoms with Gasteiger partial charge < -0.3 is 20.4 Å². The predicted octanol–water partition coefficient (Wildman–Crippen LogP) is 1.35. The maximum Gasteiger partial charge on any atom is 0.328 e. The molecule has 0 heterocycles. The molecule has 2 atom stereocenters. The fourth-order valence-electron chi connectivity index (χ4n) is 2.95. The van der Waals surface area contributed by atoms with Crippen LogP contribution in [0, 0.1) is 5.92 Å². The first-order valence-corrected chi connectivity index (χ1v) is 8.36. The summed E-state index contributed by atoms with van der Waals surface area (Å²) in [6.45, 7) is 3.63. The van der Waals surface area contributed by atoms with Crippen LogP contribution in [-0.2, 0) is 19.8 Å². The largest absolute Gasteiger partial charge is 0.478 e. The number of carbonyl (C=O) groups excluding carboxylic acids is 1. The van der Waals surface area contributed by atoms with Crippen LogP contribution in [0.2, 0.25) is 0 Å². The smallest absolute Gasteiger partial charge is 0.328 e. The number of nitrogens with zero attached hydrogens (tertiary/aromatic N) is 1. The van der Waals surface area contributed by atoms with Gasteiger partial charge in [0.1, 0.15) is 0 Å². The van der Waals surface area contributed by atoms with Crippen LogP contribution in [0.25, 0.3) is 0 Å². The first kappa shape index (κ1) is 21.4. The number of carboxylic acid groups (broad SMARTS) is 2. The number of nitrogens with one attached hydrogen (secondary N) is 1. The molecule has 2 rings (SSSR count). The number of aliphatic carboxylic acids is 2. The van der Waals surface area contributed by atoms with Crippen molar-refractivity contribution in [2.45, 2.75) is 18.8 Å². The summed E-state index contributed by atoms with van der Waals surface area (Å²) in [6, 6.07) is 10.2. The maximum absolute atomic E-state index is 12.4. The molecule has 1 amide bonds. The summed E-state index contributed by atoms with van der Waals surface area (Å²) in [6.07, 6.45) is 2.08. The van der Waals surface area contributed by atoms with Gasteiger partial charge in [0.25, 0.3) is 0 Å². The van der Waals surface area contributed by atoms with Crippen molar-refractivity contribution in [1.82, 2.24) is 10.2 Å². The van der Waals surface area contributed by atoms with Crippen LogP contribution in [0.4, 0.5) is 0 Å². The minimum Gasteiger partial charge on any atom is -0.478 e. The van der Waals surface area contributed by atoms with Crippen molar-refractivity contribution >= 4 is 17.8 Å². The van der Waals surface area contributed by atoms with E-state index >= 15 is 0 Å². The number of benzene rings is 1. The Morgan fingerprint density at radius 2 is 1.69 bits per heavy atom. The highest BCUT2D eigenvalue weighted by atomic mass is 16.4. The lowest BCUT2D eigenvalue weighted by Gasteiger charge is -2.19. The van der Waals surface area contributed by atoms with Crippen LogP contribution in [0.3, 0.4) is 0 Å². The summed E-state index contributed by atoms with van der Waals surface area (Å²) in [5, 5.41) is 18.6. The molecule has 0 aliphatic heterocycles. The number of likely N-dealkylation sites (N-methyl/N-ethyl adjacent to an activating group) is 1. The lowest BCUT2D eigenvalue weighted by Crippen LogP contribution is -2.37. The number of hydrogen-bond acceptors (Lipinski definition) is 4. The molecule has 1 aliphatic rings. The maximum atomic E-state index is 12.4. The van der Waals surface area contributed by atoms with Gasteiger partial charge in [-0.1, -0.05) is 30.3 Å². The van der Waals surface area contributed by atoms with Gasteiger partial charge in [0, 0.05) is 25.2 Å². The van der Waals surface area contributed by atoms with Crippen LogP contribution in [0.5, 0.6) is 0 Å². The van der Waals surface area contributed by atoms with Gasteiger partial charge in [-0.2, -0.15) is 0 Å². The SMILES string of the molecule is CCNC(=O)[C@]1(c2ccccc2)C[C@@H]1CN(C)C.O=C(O)/C=C\C(=O)O.